The summed E-state index contributed by atoms with van der Waals surface area (Å²) in [6, 6.07) is 79.1. The summed E-state index contributed by atoms with van der Waals surface area (Å²) in [5.74, 6) is 0. The van der Waals surface area contributed by atoms with E-state index in [1.807, 2.05) is 11.3 Å². The van der Waals surface area contributed by atoms with Gasteiger partial charge in [-0.2, -0.15) is 0 Å². The highest BCUT2D eigenvalue weighted by Crippen LogP contribution is 2.46. The summed E-state index contributed by atoms with van der Waals surface area (Å²) in [6.45, 7) is 0. The third-order valence-electron chi connectivity index (χ3n) is 12.6. The molecule has 13 aromatic rings. The Bertz CT molecular complexity index is 3860. The van der Waals surface area contributed by atoms with E-state index in [-0.39, 0.29) is 0 Å². The van der Waals surface area contributed by atoms with Gasteiger partial charge < -0.3 is 13.9 Å². The van der Waals surface area contributed by atoms with E-state index >= 15 is 0 Å². The first-order valence-electron chi connectivity index (χ1n) is 21.1. The van der Waals surface area contributed by atoms with Gasteiger partial charge in [-0.1, -0.05) is 140 Å². The molecule has 10 aromatic carbocycles. The predicted octanol–water partition coefficient (Wildman–Crippen LogP) is 17.0. The molecular formula is C58H36N2OS. The molecule has 62 heavy (non-hydrogen) atoms. The molecule has 0 bridgehead atoms. The third kappa shape index (κ3) is 5.37. The zero-order valence-corrected chi connectivity index (χ0v) is 34.3. The van der Waals surface area contributed by atoms with Crippen LogP contribution in [0.3, 0.4) is 0 Å². The Morgan fingerprint density at radius 3 is 1.89 bits per heavy atom. The van der Waals surface area contributed by atoms with Crippen LogP contribution in [0.15, 0.2) is 223 Å². The molecule has 0 fully saturated rings. The Labute approximate surface area is 361 Å². The number of hydrogen-bond donors (Lipinski definition) is 0. The average molecular weight is 809 g/mol. The van der Waals surface area contributed by atoms with Crippen LogP contribution in [0.1, 0.15) is 0 Å². The summed E-state index contributed by atoms with van der Waals surface area (Å²) in [6.07, 6.45) is 0. The fourth-order valence-electron chi connectivity index (χ4n) is 9.76. The first-order valence-corrected chi connectivity index (χ1v) is 21.9. The van der Waals surface area contributed by atoms with E-state index in [9.17, 15) is 0 Å². The molecule has 0 saturated carbocycles. The van der Waals surface area contributed by atoms with Gasteiger partial charge >= 0.3 is 0 Å². The summed E-state index contributed by atoms with van der Waals surface area (Å²) in [7, 11) is 0. The Morgan fingerprint density at radius 1 is 0.403 bits per heavy atom. The van der Waals surface area contributed by atoms with Gasteiger partial charge in [-0.25, -0.2) is 0 Å². The Morgan fingerprint density at radius 2 is 1.05 bits per heavy atom. The average Bonchev–Trinajstić information content (AvgIpc) is 4.02. The highest BCUT2D eigenvalue weighted by molar-refractivity contribution is 7.25. The molecule has 3 nitrogen and oxygen atoms in total. The van der Waals surface area contributed by atoms with Crippen LogP contribution in [0.2, 0.25) is 0 Å². The van der Waals surface area contributed by atoms with Crippen molar-refractivity contribution in [1.82, 2.24) is 4.57 Å². The fraction of sp³-hybridized carbons (Fsp3) is 0. The quantitative estimate of drug-likeness (QED) is 0.167. The van der Waals surface area contributed by atoms with Crippen molar-refractivity contribution >= 4 is 103 Å². The Hall–Kier alpha value is -7.92. The number of fused-ring (bicyclic) bond motifs is 11. The summed E-state index contributed by atoms with van der Waals surface area (Å²) >= 11 is 1.86. The number of furan rings is 1. The van der Waals surface area contributed by atoms with Crippen LogP contribution in [0.4, 0.5) is 17.1 Å². The van der Waals surface area contributed by atoms with Gasteiger partial charge in [0.05, 0.1) is 22.1 Å². The number of rotatable bonds is 6. The maximum Gasteiger partial charge on any atom is 0.143 e. The minimum absolute atomic E-state index is 0.866. The molecule has 13 rings (SSSR count). The molecule has 0 radical (unpaired) electrons. The molecule has 0 amide bonds. The smallest absolute Gasteiger partial charge is 0.143 e. The summed E-state index contributed by atoms with van der Waals surface area (Å²) in [5, 5.41) is 9.60. The monoisotopic (exact) mass is 808 g/mol. The maximum absolute atomic E-state index is 6.72. The van der Waals surface area contributed by atoms with Gasteiger partial charge in [0.15, 0.2) is 0 Å². The van der Waals surface area contributed by atoms with Crippen molar-refractivity contribution in [2.24, 2.45) is 0 Å². The lowest BCUT2D eigenvalue weighted by atomic mass is 9.98. The second kappa shape index (κ2) is 13.8. The molecule has 4 heteroatoms. The second-order valence-corrected chi connectivity index (χ2v) is 17.1. The Balaban J connectivity index is 0.969. The zero-order chi connectivity index (χ0) is 40.7. The van der Waals surface area contributed by atoms with Crippen molar-refractivity contribution in [2.75, 3.05) is 4.90 Å². The Kier molecular flexibility index (Phi) is 7.78. The highest BCUT2D eigenvalue weighted by atomic mass is 32.1. The maximum atomic E-state index is 6.72. The molecule has 0 atom stereocenters. The summed E-state index contributed by atoms with van der Waals surface area (Å²) < 4.78 is 11.7. The topological polar surface area (TPSA) is 21.3 Å². The molecule has 0 N–H and O–H groups in total. The van der Waals surface area contributed by atoms with Gasteiger partial charge in [0, 0.05) is 58.8 Å². The molecule has 0 aliphatic carbocycles. The second-order valence-electron chi connectivity index (χ2n) is 16.0. The standard InChI is InChI=1S/C58H36N2OS/c1-2-13-41(14-3-1)60-50-19-8-6-17-48(50)56-44(18-10-20-51(56)60)39-26-32-43(33-27-39)59(52-21-11-22-53-57(52)49-35-28-38-12-4-5-15-45(38)58(49)61-53)42-30-24-37(25-31-42)40-29-34-47-46-16-7-9-23-54(46)62-55(47)36-40/h1-36H. The summed E-state index contributed by atoms with van der Waals surface area (Å²) in [4.78, 5) is 2.39. The number of anilines is 3. The number of benzene rings is 10. The summed E-state index contributed by atoms with van der Waals surface area (Å²) in [5.41, 5.74) is 13.3. The van der Waals surface area contributed by atoms with Gasteiger partial charge in [0.1, 0.15) is 11.2 Å². The number of thiophene rings is 1. The van der Waals surface area contributed by atoms with E-state index in [4.69, 9.17) is 4.42 Å². The van der Waals surface area contributed by atoms with Gasteiger partial charge in [0.25, 0.3) is 0 Å². The molecular weight excluding hydrogens is 773 g/mol. The number of hydrogen-bond acceptors (Lipinski definition) is 3. The highest BCUT2D eigenvalue weighted by Gasteiger charge is 2.22. The van der Waals surface area contributed by atoms with Crippen LogP contribution in [-0.2, 0) is 0 Å². The lowest BCUT2D eigenvalue weighted by Crippen LogP contribution is -2.10. The molecule has 290 valence electrons. The van der Waals surface area contributed by atoms with Crippen molar-refractivity contribution in [3.8, 4) is 27.9 Å². The SMILES string of the molecule is c1ccc(-n2c3ccccc3c3c(-c4ccc(N(c5ccc(-c6ccc7c(c6)sc6ccccc67)cc5)c5cccc6oc7c8ccccc8ccc7c56)cc4)cccc32)cc1. The largest absolute Gasteiger partial charge is 0.455 e. The van der Waals surface area contributed by atoms with Crippen molar-refractivity contribution in [1.29, 1.82) is 0 Å². The lowest BCUT2D eigenvalue weighted by Gasteiger charge is -2.26. The van der Waals surface area contributed by atoms with Gasteiger partial charge in [-0.3, -0.25) is 0 Å². The van der Waals surface area contributed by atoms with E-state index in [0.29, 0.717) is 0 Å². The van der Waals surface area contributed by atoms with Crippen molar-refractivity contribution in [2.45, 2.75) is 0 Å². The van der Waals surface area contributed by atoms with Crippen molar-refractivity contribution in [3.05, 3.63) is 218 Å². The van der Waals surface area contributed by atoms with Crippen LogP contribution < -0.4 is 4.90 Å². The van der Waals surface area contributed by atoms with Gasteiger partial charge in [-0.15, -0.1) is 11.3 Å². The predicted molar refractivity (Wildman–Crippen MR) is 264 cm³/mol. The van der Waals surface area contributed by atoms with Crippen LogP contribution >= 0.6 is 11.3 Å². The normalized spacial score (nSPS) is 11.9. The molecule has 3 heterocycles. The molecule has 0 spiro atoms. The molecule has 0 saturated heterocycles. The van der Waals surface area contributed by atoms with E-state index in [0.717, 1.165) is 50.1 Å². The van der Waals surface area contributed by atoms with Crippen molar-refractivity contribution < 1.29 is 4.42 Å². The first kappa shape index (κ1) is 34.9. The zero-order valence-electron chi connectivity index (χ0n) is 33.5. The van der Waals surface area contributed by atoms with Crippen LogP contribution in [0.5, 0.6) is 0 Å². The number of para-hydroxylation sites is 2. The van der Waals surface area contributed by atoms with E-state index in [1.54, 1.807) is 0 Å². The minimum atomic E-state index is 0.866. The molecule has 0 unspecified atom stereocenters. The van der Waals surface area contributed by atoms with Crippen LogP contribution in [-0.4, -0.2) is 4.57 Å². The van der Waals surface area contributed by atoms with E-state index in [1.165, 1.54) is 69.6 Å². The van der Waals surface area contributed by atoms with Crippen LogP contribution in [0.25, 0.3) is 103 Å². The molecule has 0 aliphatic heterocycles. The molecule has 0 aliphatic rings. The third-order valence-corrected chi connectivity index (χ3v) is 13.7. The lowest BCUT2D eigenvalue weighted by molar-refractivity contribution is 0.672. The van der Waals surface area contributed by atoms with E-state index < -0.39 is 0 Å². The van der Waals surface area contributed by atoms with E-state index in [2.05, 4.69) is 228 Å². The minimum Gasteiger partial charge on any atom is -0.455 e. The fourth-order valence-corrected chi connectivity index (χ4v) is 10.9. The van der Waals surface area contributed by atoms with Crippen molar-refractivity contribution in [3.63, 3.8) is 0 Å². The van der Waals surface area contributed by atoms with Gasteiger partial charge in [-0.05, 0) is 107 Å². The van der Waals surface area contributed by atoms with Crippen LogP contribution in [0, 0.1) is 0 Å². The van der Waals surface area contributed by atoms with Gasteiger partial charge in [0.2, 0.25) is 0 Å². The first-order chi connectivity index (χ1) is 30.7. The molecule has 3 aromatic heterocycles. The number of nitrogens with zero attached hydrogens (tertiary/aromatic N) is 2. The number of aromatic nitrogens is 1.